The minimum Gasteiger partial charge on any atom is -0.457 e. The summed E-state index contributed by atoms with van der Waals surface area (Å²) in [5.41, 5.74) is 18.2. The monoisotopic (exact) mass is 771 g/mol. The molecule has 0 spiro atoms. The van der Waals surface area contributed by atoms with Crippen LogP contribution in [0.4, 0.5) is 17.1 Å². The summed E-state index contributed by atoms with van der Waals surface area (Å²) in [4.78, 5) is 2.36. The lowest BCUT2D eigenvalue weighted by Crippen LogP contribution is -2.24. The molecule has 2 nitrogen and oxygen atoms in total. The van der Waals surface area contributed by atoms with Crippen molar-refractivity contribution in [2.75, 3.05) is 4.90 Å². The van der Waals surface area contributed by atoms with Crippen LogP contribution in [0, 0.1) is 0 Å². The molecular weight excluding hydrogens is 727 g/mol. The lowest BCUT2D eigenvalue weighted by molar-refractivity contribution is 0.418. The lowest BCUT2D eigenvalue weighted by atomic mass is 9.75. The van der Waals surface area contributed by atoms with E-state index in [1.165, 1.54) is 77.5 Å². The summed E-state index contributed by atoms with van der Waals surface area (Å²) in [6, 6.07) is 73.1. The zero-order chi connectivity index (χ0) is 40.6. The van der Waals surface area contributed by atoms with E-state index in [0.717, 1.165) is 28.6 Å². The first-order chi connectivity index (χ1) is 29.2. The quantitative estimate of drug-likeness (QED) is 0.167. The zero-order valence-electron chi connectivity index (χ0n) is 34.4. The van der Waals surface area contributed by atoms with E-state index in [1.807, 2.05) is 6.07 Å². The van der Waals surface area contributed by atoms with Gasteiger partial charge >= 0.3 is 0 Å². The molecule has 1 heterocycles. The first kappa shape index (κ1) is 36.0. The van der Waals surface area contributed by atoms with Crippen LogP contribution in [0.3, 0.4) is 0 Å². The Balaban J connectivity index is 0.958. The Labute approximate surface area is 353 Å². The Morgan fingerprint density at radius 3 is 1.50 bits per heavy atom. The van der Waals surface area contributed by atoms with Crippen LogP contribution in [-0.2, 0) is 10.8 Å². The predicted molar refractivity (Wildman–Crippen MR) is 251 cm³/mol. The molecule has 0 saturated heterocycles. The number of anilines is 3. The molecule has 0 unspecified atom stereocenters. The van der Waals surface area contributed by atoms with Crippen molar-refractivity contribution in [2.45, 2.75) is 38.5 Å². The highest BCUT2D eigenvalue weighted by Crippen LogP contribution is 2.51. The molecule has 0 amide bonds. The highest BCUT2D eigenvalue weighted by Gasteiger charge is 2.36. The molecule has 0 bridgehead atoms. The fourth-order valence-electron chi connectivity index (χ4n) is 9.83. The average molecular weight is 772 g/mol. The fraction of sp³-hybridized carbons (Fsp3) is 0.103. The van der Waals surface area contributed by atoms with Crippen LogP contribution >= 0.6 is 0 Å². The summed E-state index contributed by atoms with van der Waals surface area (Å²) in [5.74, 6) is 1.86. The molecular formula is C58H45NO. The molecule has 2 aliphatic rings. The second kappa shape index (κ2) is 13.7. The maximum Gasteiger partial charge on any atom is 0.131 e. The Kier molecular flexibility index (Phi) is 8.22. The average Bonchev–Trinajstić information content (AvgIpc) is 3.52. The van der Waals surface area contributed by atoms with Gasteiger partial charge in [-0.15, -0.1) is 0 Å². The third kappa shape index (κ3) is 5.78. The minimum absolute atomic E-state index is 0.0441. The van der Waals surface area contributed by atoms with Gasteiger partial charge in [-0.2, -0.15) is 0 Å². The first-order valence-electron chi connectivity index (χ1n) is 21.0. The van der Waals surface area contributed by atoms with Crippen molar-refractivity contribution in [3.63, 3.8) is 0 Å². The van der Waals surface area contributed by atoms with E-state index < -0.39 is 0 Å². The number of ether oxygens (including phenoxy) is 1. The van der Waals surface area contributed by atoms with Crippen LogP contribution in [-0.4, -0.2) is 0 Å². The second-order valence-electron chi connectivity index (χ2n) is 17.4. The molecule has 2 heteroatoms. The highest BCUT2D eigenvalue weighted by atomic mass is 16.5. The number of hydrogen-bond donors (Lipinski definition) is 0. The molecule has 9 aromatic rings. The number of fused-ring (bicyclic) bond motifs is 6. The maximum absolute atomic E-state index is 6.38. The number of benzene rings is 9. The van der Waals surface area contributed by atoms with Gasteiger partial charge in [-0.3, -0.25) is 0 Å². The second-order valence-corrected chi connectivity index (χ2v) is 17.4. The topological polar surface area (TPSA) is 12.5 Å². The van der Waals surface area contributed by atoms with Crippen LogP contribution in [0.15, 0.2) is 200 Å². The van der Waals surface area contributed by atoms with E-state index in [0.29, 0.717) is 0 Å². The van der Waals surface area contributed by atoms with Gasteiger partial charge in [0, 0.05) is 39.0 Å². The van der Waals surface area contributed by atoms with E-state index in [9.17, 15) is 0 Å². The maximum atomic E-state index is 6.38. The first-order valence-corrected chi connectivity index (χ1v) is 21.0. The Morgan fingerprint density at radius 2 is 0.800 bits per heavy atom. The van der Waals surface area contributed by atoms with Gasteiger partial charge in [-0.1, -0.05) is 167 Å². The molecule has 11 rings (SSSR count). The van der Waals surface area contributed by atoms with Gasteiger partial charge in [0.15, 0.2) is 0 Å². The number of rotatable bonds is 6. The van der Waals surface area contributed by atoms with E-state index in [2.05, 4.69) is 227 Å². The van der Waals surface area contributed by atoms with Crippen LogP contribution in [0.25, 0.3) is 55.3 Å². The van der Waals surface area contributed by atoms with Crippen molar-refractivity contribution >= 4 is 27.8 Å². The minimum atomic E-state index is -0.178. The van der Waals surface area contributed by atoms with Crippen molar-refractivity contribution in [2.24, 2.45) is 0 Å². The third-order valence-corrected chi connectivity index (χ3v) is 13.2. The lowest BCUT2D eigenvalue weighted by Gasteiger charge is -2.34. The number of para-hydroxylation sites is 1. The van der Waals surface area contributed by atoms with E-state index in [4.69, 9.17) is 4.74 Å². The molecule has 1 aliphatic heterocycles. The van der Waals surface area contributed by atoms with E-state index in [1.54, 1.807) is 0 Å². The van der Waals surface area contributed by atoms with Crippen molar-refractivity contribution in [3.05, 3.63) is 222 Å². The largest absolute Gasteiger partial charge is 0.457 e. The van der Waals surface area contributed by atoms with Crippen LogP contribution in [0.5, 0.6) is 11.5 Å². The fourth-order valence-corrected chi connectivity index (χ4v) is 9.83. The summed E-state index contributed by atoms with van der Waals surface area (Å²) in [6.07, 6.45) is 0. The molecule has 0 aromatic heterocycles. The smallest absolute Gasteiger partial charge is 0.131 e. The van der Waals surface area contributed by atoms with Gasteiger partial charge in [0.25, 0.3) is 0 Å². The van der Waals surface area contributed by atoms with Crippen molar-refractivity contribution in [1.29, 1.82) is 0 Å². The summed E-state index contributed by atoms with van der Waals surface area (Å²) in [6.45, 7) is 9.27. The SMILES string of the molecule is CC1(C)c2ccccc2Oc2ccc(-c3ccc(N(c4ccc(-c5ccc6c(c5)C(C)(C)c5ccccc5-6)cc4)c4ccc(-c5cccc6ccccc56)cc4)cc3)cc21. The van der Waals surface area contributed by atoms with Gasteiger partial charge in [0.2, 0.25) is 0 Å². The van der Waals surface area contributed by atoms with Crippen LogP contribution in [0.2, 0.25) is 0 Å². The zero-order valence-corrected chi connectivity index (χ0v) is 34.4. The molecule has 0 saturated carbocycles. The van der Waals surface area contributed by atoms with Gasteiger partial charge in [-0.05, 0) is 127 Å². The summed E-state index contributed by atoms with van der Waals surface area (Å²) >= 11 is 0. The molecule has 0 fully saturated rings. The van der Waals surface area contributed by atoms with Gasteiger partial charge in [-0.25, -0.2) is 0 Å². The van der Waals surface area contributed by atoms with E-state index in [-0.39, 0.29) is 10.8 Å². The molecule has 60 heavy (non-hydrogen) atoms. The molecule has 0 N–H and O–H groups in total. The molecule has 9 aromatic carbocycles. The van der Waals surface area contributed by atoms with Crippen molar-refractivity contribution in [3.8, 4) is 56.0 Å². The highest BCUT2D eigenvalue weighted by molar-refractivity contribution is 5.97. The van der Waals surface area contributed by atoms with Crippen LogP contribution in [0.1, 0.15) is 49.9 Å². The normalized spacial score (nSPS) is 14.1. The summed E-state index contributed by atoms with van der Waals surface area (Å²) < 4.78 is 6.38. The summed E-state index contributed by atoms with van der Waals surface area (Å²) in [7, 11) is 0. The standard InChI is InChI=1S/C58H45NO/c1-57(2)51-17-8-7-15-49(51)50-34-26-42(36-53(50)57)38-20-28-44(29-21-38)59(46-32-24-41(25-33-46)48-16-11-13-40-12-5-6-14-47(40)48)45-30-22-39(23-31-45)43-27-35-56-54(37-43)58(3,4)52-18-9-10-19-55(52)60-56/h5-37H,1-4H3. The van der Waals surface area contributed by atoms with Gasteiger partial charge < -0.3 is 9.64 Å². The predicted octanol–water partition coefficient (Wildman–Crippen LogP) is 16.0. The van der Waals surface area contributed by atoms with E-state index >= 15 is 0 Å². The molecule has 0 atom stereocenters. The Bertz CT molecular complexity index is 3090. The Hall–Kier alpha value is -7.16. The molecule has 0 radical (unpaired) electrons. The third-order valence-electron chi connectivity index (χ3n) is 13.2. The van der Waals surface area contributed by atoms with Crippen molar-refractivity contribution < 1.29 is 4.74 Å². The van der Waals surface area contributed by atoms with Gasteiger partial charge in [0.05, 0.1) is 0 Å². The van der Waals surface area contributed by atoms with Gasteiger partial charge in [0.1, 0.15) is 11.5 Å². The summed E-state index contributed by atoms with van der Waals surface area (Å²) in [5, 5.41) is 2.51. The number of nitrogens with zero attached hydrogens (tertiary/aromatic N) is 1. The molecule has 1 aliphatic carbocycles. The molecule has 288 valence electrons. The van der Waals surface area contributed by atoms with Crippen molar-refractivity contribution in [1.82, 2.24) is 0 Å². The Morgan fingerprint density at radius 1 is 0.333 bits per heavy atom. The van der Waals surface area contributed by atoms with Crippen LogP contribution < -0.4 is 9.64 Å². The number of hydrogen-bond acceptors (Lipinski definition) is 2.